The number of primary amides is 1. The Kier molecular flexibility index (Phi) is 4.10. The van der Waals surface area contributed by atoms with Crippen molar-refractivity contribution in [3.8, 4) is 5.75 Å². The molecule has 5 nitrogen and oxygen atoms in total. The molecule has 1 aromatic carbocycles. The molecule has 0 spiro atoms. The Morgan fingerprint density at radius 2 is 2.38 bits per heavy atom. The van der Waals surface area contributed by atoms with Crippen LogP contribution in [0.5, 0.6) is 5.75 Å². The molecule has 7 heteroatoms. The third-order valence-electron chi connectivity index (χ3n) is 3.10. The van der Waals surface area contributed by atoms with Gasteiger partial charge in [0.15, 0.2) is 0 Å². The Bertz CT molecular complexity index is 663. The molecule has 0 saturated carbocycles. The fourth-order valence-electron chi connectivity index (χ4n) is 2.10. The summed E-state index contributed by atoms with van der Waals surface area (Å²) in [7, 11) is 0. The van der Waals surface area contributed by atoms with Crippen molar-refractivity contribution in [1.29, 1.82) is 0 Å². The first kappa shape index (κ1) is 14.3. The molecule has 2 N–H and O–H groups in total. The zero-order valence-corrected chi connectivity index (χ0v) is 12.7. The normalized spacial score (nSPS) is 13.8. The molecule has 0 aliphatic carbocycles. The topological polar surface area (TPSA) is 74.4 Å². The van der Waals surface area contributed by atoms with Crippen molar-refractivity contribution < 1.29 is 14.3 Å². The maximum Gasteiger partial charge on any atom is 0.252 e. The summed E-state index contributed by atoms with van der Waals surface area (Å²) in [6.45, 7) is 1.61. The third kappa shape index (κ3) is 3.18. The predicted molar refractivity (Wildman–Crippen MR) is 79.8 cm³/mol. The summed E-state index contributed by atoms with van der Waals surface area (Å²) >= 11 is 7.43. The molecule has 0 atom stereocenters. The fraction of sp³-hybridized carbons (Fsp3) is 0.286. The number of hydrogen-bond acceptors (Lipinski definition) is 5. The van der Waals surface area contributed by atoms with Gasteiger partial charge in [-0.2, -0.15) is 0 Å². The predicted octanol–water partition coefficient (Wildman–Crippen LogP) is 2.55. The Morgan fingerprint density at radius 3 is 3.14 bits per heavy atom. The molecule has 110 valence electrons. The molecule has 0 saturated heterocycles. The van der Waals surface area contributed by atoms with Gasteiger partial charge in [-0.3, -0.25) is 4.79 Å². The molecular formula is C14H13ClN2O3S. The van der Waals surface area contributed by atoms with E-state index in [9.17, 15) is 4.79 Å². The summed E-state index contributed by atoms with van der Waals surface area (Å²) < 4.78 is 11.1. The SMILES string of the molecule is NC(=O)c1cc(Cl)ccc1OCc1nc2c(s1)COCC2. The number of thiazole rings is 1. The summed E-state index contributed by atoms with van der Waals surface area (Å²) in [6.07, 6.45) is 0.833. The Hall–Kier alpha value is -1.63. The maximum absolute atomic E-state index is 11.4. The molecule has 2 aromatic rings. The van der Waals surface area contributed by atoms with Crippen LogP contribution >= 0.6 is 22.9 Å². The van der Waals surface area contributed by atoms with Crippen molar-refractivity contribution in [2.45, 2.75) is 19.6 Å². The van der Waals surface area contributed by atoms with Crippen molar-refractivity contribution in [2.24, 2.45) is 5.73 Å². The highest BCUT2D eigenvalue weighted by Gasteiger charge is 2.16. The van der Waals surface area contributed by atoms with Gasteiger partial charge in [0.25, 0.3) is 5.91 Å². The molecule has 0 unspecified atom stereocenters. The lowest BCUT2D eigenvalue weighted by Crippen LogP contribution is -2.13. The Labute approximate surface area is 130 Å². The highest BCUT2D eigenvalue weighted by Crippen LogP contribution is 2.27. The van der Waals surface area contributed by atoms with E-state index in [0.717, 1.165) is 22.0 Å². The average Bonchev–Trinajstić information content (AvgIpc) is 2.88. The average molecular weight is 325 g/mol. The van der Waals surface area contributed by atoms with E-state index in [-0.39, 0.29) is 5.56 Å². The van der Waals surface area contributed by atoms with Gasteiger partial charge in [0.2, 0.25) is 0 Å². The van der Waals surface area contributed by atoms with Gasteiger partial charge in [-0.1, -0.05) is 11.6 Å². The molecule has 0 fully saturated rings. The van der Waals surface area contributed by atoms with Crippen LogP contribution in [0.3, 0.4) is 0 Å². The zero-order chi connectivity index (χ0) is 14.8. The lowest BCUT2D eigenvalue weighted by Gasteiger charge is -2.08. The largest absolute Gasteiger partial charge is 0.486 e. The first-order valence-corrected chi connectivity index (χ1v) is 7.60. The van der Waals surface area contributed by atoms with Gasteiger partial charge in [0, 0.05) is 11.4 Å². The van der Waals surface area contributed by atoms with Crippen LogP contribution in [0.2, 0.25) is 5.02 Å². The van der Waals surface area contributed by atoms with Gasteiger partial charge < -0.3 is 15.2 Å². The van der Waals surface area contributed by atoms with Gasteiger partial charge in [-0.25, -0.2) is 4.98 Å². The van der Waals surface area contributed by atoms with Crippen molar-refractivity contribution >= 4 is 28.8 Å². The summed E-state index contributed by atoms with van der Waals surface area (Å²) in [4.78, 5) is 17.1. The first-order chi connectivity index (χ1) is 10.1. The number of aromatic nitrogens is 1. The molecule has 21 heavy (non-hydrogen) atoms. The second-order valence-electron chi connectivity index (χ2n) is 4.57. The highest BCUT2D eigenvalue weighted by molar-refractivity contribution is 7.11. The van der Waals surface area contributed by atoms with Crippen LogP contribution < -0.4 is 10.5 Å². The molecule has 0 radical (unpaired) electrons. The van der Waals surface area contributed by atoms with Crippen molar-refractivity contribution in [1.82, 2.24) is 4.98 Å². The Balaban J connectivity index is 1.75. The van der Waals surface area contributed by atoms with E-state index in [0.29, 0.717) is 30.6 Å². The van der Waals surface area contributed by atoms with Gasteiger partial charge in [0.1, 0.15) is 17.4 Å². The summed E-state index contributed by atoms with van der Waals surface area (Å²) in [6, 6.07) is 4.79. The van der Waals surface area contributed by atoms with Gasteiger partial charge in [-0.15, -0.1) is 11.3 Å². The minimum absolute atomic E-state index is 0.271. The Morgan fingerprint density at radius 1 is 1.52 bits per heavy atom. The van der Waals surface area contributed by atoms with E-state index in [4.69, 9.17) is 26.8 Å². The van der Waals surface area contributed by atoms with Crippen molar-refractivity contribution in [3.05, 3.63) is 44.4 Å². The van der Waals surface area contributed by atoms with Crippen LogP contribution in [-0.2, 0) is 24.4 Å². The minimum atomic E-state index is -0.570. The number of carbonyl (C=O) groups is 1. The van der Waals surface area contributed by atoms with Crippen LogP contribution in [0.25, 0.3) is 0 Å². The number of ether oxygens (including phenoxy) is 2. The zero-order valence-electron chi connectivity index (χ0n) is 11.1. The second kappa shape index (κ2) is 6.01. The number of amides is 1. The fourth-order valence-corrected chi connectivity index (χ4v) is 3.24. The molecule has 1 aromatic heterocycles. The lowest BCUT2D eigenvalue weighted by atomic mass is 10.2. The highest BCUT2D eigenvalue weighted by atomic mass is 35.5. The van der Waals surface area contributed by atoms with Crippen molar-refractivity contribution in [3.63, 3.8) is 0 Å². The van der Waals surface area contributed by atoms with Gasteiger partial charge in [0.05, 0.1) is 29.3 Å². The first-order valence-electron chi connectivity index (χ1n) is 6.41. The number of rotatable bonds is 4. The summed E-state index contributed by atoms with van der Waals surface area (Å²) in [5.41, 5.74) is 6.68. The molecule has 1 aliphatic rings. The van der Waals surface area contributed by atoms with E-state index in [1.54, 1.807) is 23.5 Å². The molecule has 0 bridgehead atoms. The standard InChI is InChI=1S/C14H13ClN2O3S/c15-8-1-2-11(9(5-8)14(16)18)20-7-13-17-10-3-4-19-6-12(10)21-13/h1-2,5H,3-4,6-7H2,(H2,16,18). The molecule has 1 amide bonds. The van der Waals surface area contributed by atoms with Crippen LogP contribution in [0.15, 0.2) is 18.2 Å². The van der Waals surface area contributed by atoms with Crippen LogP contribution in [0.1, 0.15) is 25.9 Å². The lowest BCUT2D eigenvalue weighted by molar-refractivity contribution is 0.0996. The minimum Gasteiger partial charge on any atom is -0.486 e. The van der Waals surface area contributed by atoms with E-state index in [1.165, 1.54) is 6.07 Å². The number of nitrogens with two attached hydrogens (primary N) is 1. The monoisotopic (exact) mass is 324 g/mol. The van der Waals surface area contributed by atoms with Crippen molar-refractivity contribution in [2.75, 3.05) is 6.61 Å². The third-order valence-corrected chi connectivity index (χ3v) is 4.38. The van der Waals surface area contributed by atoms with Gasteiger partial charge in [-0.05, 0) is 18.2 Å². The number of halogens is 1. The molecular weight excluding hydrogens is 312 g/mol. The second-order valence-corrected chi connectivity index (χ2v) is 6.18. The van der Waals surface area contributed by atoms with Gasteiger partial charge >= 0.3 is 0 Å². The van der Waals surface area contributed by atoms with E-state index < -0.39 is 5.91 Å². The number of nitrogens with zero attached hydrogens (tertiary/aromatic N) is 1. The number of benzene rings is 1. The smallest absolute Gasteiger partial charge is 0.252 e. The van der Waals surface area contributed by atoms with Crippen LogP contribution in [0.4, 0.5) is 0 Å². The number of fused-ring (bicyclic) bond motifs is 1. The van der Waals surface area contributed by atoms with Crippen LogP contribution in [-0.4, -0.2) is 17.5 Å². The molecule has 3 rings (SSSR count). The molecule has 2 heterocycles. The number of hydrogen-bond donors (Lipinski definition) is 1. The quantitative estimate of drug-likeness (QED) is 0.938. The maximum atomic E-state index is 11.4. The van der Waals surface area contributed by atoms with E-state index >= 15 is 0 Å². The summed E-state index contributed by atoms with van der Waals surface area (Å²) in [5, 5.41) is 1.30. The van der Waals surface area contributed by atoms with E-state index in [1.807, 2.05) is 0 Å². The molecule has 1 aliphatic heterocycles. The summed E-state index contributed by atoms with van der Waals surface area (Å²) in [5.74, 6) is -0.157. The van der Waals surface area contributed by atoms with Crippen LogP contribution in [0, 0.1) is 0 Å². The number of carbonyl (C=O) groups excluding carboxylic acids is 1. The van der Waals surface area contributed by atoms with E-state index in [2.05, 4.69) is 4.98 Å².